The predicted molar refractivity (Wildman–Crippen MR) is 121 cm³/mol. The van der Waals surface area contributed by atoms with Crippen LogP contribution in [0.15, 0.2) is 29.0 Å². The van der Waals surface area contributed by atoms with E-state index in [1.807, 2.05) is 13.8 Å². The minimum absolute atomic E-state index is 0.0757. The number of alkyl halides is 3. The van der Waals surface area contributed by atoms with Gasteiger partial charge in [0, 0.05) is 35.4 Å². The Balaban J connectivity index is 1.55. The molecule has 0 bridgehead atoms. The largest absolute Gasteiger partial charge is 0.419 e. The molecular weight excluding hydrogens is 447 g/mol. The van der Waals surface area contributed by atoms with Gasteiger partial charge in [-0.05, 0) is 45.4 Å². The first kappa shape index (κ1) is 22.3. The van der Waals surface area contributed by atoms with Gasteiger partial charge in [-0.15, -0.1) is 0 Å². The minimum atomic E-state index is -4.61. The second kappa shape index (κ2) is 8.39. The molecule has 1 aliphatic carbocycles. The first-order valence-corrected chi connectivity index (χ1v) is 11.1. The Morgan fingerprint density at radius 1 is 1.15 bits per heavy atom. The van der Waals surface area contributed by atoms with E-state index in [0.29, 0.717) is 33.7 Å². The molecule has 0 radical (unpaired) electrons. The van der Waals surface area contributed by atoms with Crippen LogP contribution in [0.5, 0.6) is 0 Å². The Kier molecular flexibility index (Phi) is 5.51. The molecule has 4 aromatic rings. The number of halogens is 3. The first-order valence-electron chi connectivity index (χ1n) is 11.1. The first-order chi connectivity index (χ1) is 16.3. The summed E-state index contributed by atoms with van der Waals surface area (Å²) in [7, 11) is 0. The molecule has 3 N–H and O–H groups in total. The van der Waals surface area contributed by atoms with Crippen LogP contribution >= 0.6 is 0 Å². The number of likely N-dealkylation sites (N-methyl/N-ethyl adjacent to an activating group) is 1. The van der Waals surface area contributed by atoms with Crippen molar-refractivity contribution in [1.29, 1.82) is 0 Å². The van der Waals surface area contributed by atoms with Crippen LogP contribution in [-0.4, -0.2) is 43.7 Å². The van der Waals surface area contributed by atoms with E-state index < -0.39 is 11.7 Å². The molecule has 0 amide bonds. The van der Waals surface area contributed by atoms with Crippen molar-refractivity contribution in [3.63, 3.8) is 0 Å². The topological polar surface area (TPSA) is 105 Å². The summed E-state index contributed by atoms with van der Waals surface area (Å²) < 4.78 is 46.8. The summed E-state index contributed by atoms with van der Waals surface area (Å²) in [6, 6.07) is 3.80. The maximum absolute atomic E-state index is 13.9. The number of nitrogens with zero attached hydrogens (tertiary/aromatic N) is 4. The van der Waals surface area contributed by atoms with Gasteiger partial charge >= 0.3 is 6.18 Å². The average Bonchev–Trinajstić information content (AvgIpc) is 3.36. The van der Waals surface area contributed by atoms with E-state index >= 15 is 0 Å². The number of H-pyrrole nitrogens is 1. The summed E-state index contributed by atoms with van der Waals surface area (Å²) in [5.74, 6) is 0.791. The van der Waals surface area contributed by atoms with Gasteiger partial charge in [0.15, 0.2) is 0 Å². The normalized spacial score (nSPS) is 18.3. The number of nitrogens with one attached hydrogen (secondary N) is 3. The second-order valence-electron chi connectivity index (χ2n) is 8.44. The van der Waals surface area contributed by atoms with Gasteiger partial charge in [-0.1, -0.05) is 12.1 Å². The molecule has 8 nitrogen and oxygen atoms in total. The van der Waals surface area contributed by atoms with Crippen LogP contribution < -0.4 is 10.6 Å². The number of rotatable bonds is 6. The lowest BCUT2D eigenvalue weighted by molar-refractivity contribution is -0.137. The third-order valence-corrected chi connectivity index (χ3v) is 6.23. The number of fused-ring (bicyclic) bond motifs is 1. The molecule has 1 saturated carbocycles. The SMILES string of the molecule is CCN[C@H]1CC[C@@H]1Nc1ncc(C(F)(F)F)c(-c2c[nH]c3nc(-c4c(C)noc4C)ccc23)n1. The minimum Gasteiger partial charge on any atom is -0.361 e. The van der Waals surface area contributed by atoms with Crippen LogP contribution in [0.2, 0.25) is 0 Å². The van der Waals surface area contributed by atoms with Crippen LogP contribution in [-0.2, 0) is 6.18 Å². The number of pyridine rings is 1. The molecule has 4 aromatic heterocycles. The van der Waals surface area contributed by atoms with Gasteiger partial charge in [-0.25, -0.2) is 15.0 Å². The Labute approximate surface area is 193 Å². The van der Waals surface area contributed by atoms with Crippen molar-refractivity contribution >= 4 is 17.0 Å². The van der Waals surface area contributed by atoms with E-state index in [0.717, 1.165) is 31.1 Å². The third-order valence-electron chi connectivity index (χ3n) is 6.23. The number of hydrogen-bond donors (Lipinski definition) is 3. The number of aryl methyl sites for hydroxylation is 2. The van der Waals surface area contributed by atoms with E-state index in [2.05, 4.69) is 35.7 Å². The standard InChI is InChI=1S/C23H24F3N7O/c1-4-27-16-7-8-17(16)31-22-29-10-15(23(24,25)26)20(32-22)14-9-28-21-13(14)5-6-18(30-21)19-11(2)33-34-12(19)3/h5-6,9-10,16-17,27H,4,7-8H2,1-3H3,(H,28,30)(H,29,31,32)/t16-,17-/m0/s1. The van der Waals surface area contributed by atoms with Crippen LogP contribution in [0.25, 0.3) is 33.5 Å². The second-order valence-corrected chi connectivity index (χ2v) is 8.44. The lowest BCUT2D eigenvalue weighted by Gasteiger charge is -2.37. The van der Waals surface area contributed by atoms with Crippen LogP contribution in [0, 0.1) is 13.8 Å². The fraction of sp³-hybridized carbons (Fsp3) is 0.391. The van der Waals surface area contributed by atoms with Crippen LogP contribution in [0.1, 0.15) is 36.8 Å². The Bertz CT molecular complexity index is 1320. The van der Waals surface area contributed by atoms with Gasteiger partial charge in [0.25, 0.3) is 0 Å². The highest BCUT2D eigenvalue weighted by Gasteiger charge is 2.37. The Hall–Kier alpha value is -3.47. The molecule has 0 aromatic carbocycles. The highest BCUT2D eigenvalue weighted by Crippen LogP contribution is 2.39. The fourth-order valence-electron chi connectivity index (χ4n) is 4.40. The highest BCUT2D eigenvalue weighted by molar-refractivity contribution is 5.94. The van der Waals surface area contributed by atoms with E-state index in [1.165, 1.54) is 6.20 Å². The van der Waals surface area contributed by atoms with Gasteiger partial charge in [-0.3, -0.25) is 0 Å². The molecule has 4 heterocycles. The Morgan fingerprint density at radius 3 is 2.59 bits per heavy atom. The summed E-state index contributed by atoms with van der Waals surface area (Å²) in [6.07, 6.45) is -0.360. The van der Waals surface area contributed by atoms with E-state index in [-0.39, 0.29) is 23.7 Å². The van der Waals surface area contributed by atoms with E-state index in [4.69, 9.17) is 4.52 Å². The van der Waals surface area contributed by atoms with E-state index in [1.54, 1.807) is 19.1 Å². The molecule has 2 atom stereocenters. The highest BCUT2D eigenvalue weighted by atomic mass is 19.4. The summed E-state index contributed by atoms with van der Waals surface area (Å²) in [6.45, 7) is 6.44. The van der Waals surface area contributed by atoms with Gasteiger partial charge in [0.1, 0.15) is 17.0 Å². The van der Waals surface area contributed by atoms with Crippen molar-refractivity contribution in [1.82, 2.24) is 30.4 Å². The molecule has 0 spiro atoms. The van der Waals surface area contributed by atoms with Crippen molar-refractivity contribution in [3.05, 3.63) is 41.5 Å². The number of aromatic nitrogens is 5. The van der Waals surface area contributed by atoms with E-state index in [9.17, 15) is 13.2 Å². The molecule has 0 saturated heterocycles. The maximum atomic E-state index is 13.9. The summed E-state index contributed by atoms with van der Waals surface area (Å²) in [4.78, 5) is 15.9. The zero-order valence-corrected chi connectivity index (χ0v) is 18.9. The predicted octanol–water partition coefficient (Wildman–Crippen LogP) is 4.86. The van der Waals surface area contributed by atoms with Gasteiger partial charge < -0.3 is 20.1 Å². The molecule has 0 aliphatic heterocycles. The number of hydrogen-bond acceptors (Lipinski definition) is 7. The zero-order chi connectivity index (χ0) is 24.0. The van der Waals surface area contributed by atoms with Crippen molar-refractivity contribution in [2.75, 3.05) is 11.9 Å². The van der Waals surface area contributed by atoms with Crippen molar-refractivity contribution < 1.29 is 17.7 Å². The third kappa shape index (κ3) is 3.89. The summed E-state index contributed by atoms with van der Waals surface area (Å²) in [5.41, 5.74) is 1.74. The molecule has 1 fully saturated rings. The monoisotopic (exact) mass is 471 g/mol. The fourth-order valence-corrected chi connectivity index (χ4v) is 4.40. The average molecular weight is 471 g/mol. The van der Waals surface area contributed by atoms with Crippen molar-refractivity contribution in [2.45, 2.75) is 51.9 Å². The smallest absolute Gasteiger partial charge is 0.361 e. The number of anilines is 1. The lowest BCUT2D eigenvalue weighted by Crippen LogP contribution is -2.52. The van der Waals surface area contributed by atoms with Gasteiger partial charge in [0.2, 0.25) is 5.95 Å². The molecule has 11 heteroatoms. The summed E-state index contributed by atoms with van der Waals surface area (Å²) >= 11 is 0. The zero-order valence-electron chi connectivity index (χ0n) is 18.9. The summed E-state index contributed by atoms with van der Waals surface area (Å²) in [5, 5.41) is 11.0. The van der Waals surface area contributed by atoms with Crippen molar-refractivity contribution in [3.8, 4) is 22.5 Å². The molecule has 1 aliphatic rings. The molecule has 178 valence electrons. The quantitative estimate of drug-likeness (QED) is 0.369. The van der Waals surface area contributed by atoms with Crippen LogP contribution in [0.3, 0.4) is 0 Å². The lowest BCUT2D eigenvalue weighted by atomic mass is 9.86. The van der Waals surface area contributed by atoms with Gasteiger partial charge in [-0.2, -0.15) is 13.2 Å². The Morgan fingerprint density at radius 2 is 1.94 bits per heavy atom. The van der Waals surface area contributed by atoms with Crippen LogP contribution in [0.4, 0.5) is 19.1 Å². The molecular formula is C23H24F3N7O. The molecule has 0 unspecified atom stereocenters. The van der Waals surface area contributed by atoms with Gasteiger partial charge in [0.05, 0.1) is 22.6 Å². The molecule has 5 rings (SSSR count). The maximum Gasteiger partial charge on any atom is 0.419 e. The number of aromatic amines is 1. The molecule has 34 heavy (non-hydrogen) atoms. The van der Waals surface area contributed by atoms with Crippen molar-refractivity contribution in [2.24, 2.45) is 0 Å².